The molecule has 30 heavy (non-hydrogen) atoms. The molecule has 1 N–H and O–H groups in total. The lowest BCUT2D eigenvalue weighted by Gasteiger charge is -2.13. The van der Waals surface area contributed by atoms with Crippen molar-refractivity contribution in [1.29, 1.82) is 0 Å². The van der Waals surface area contributed by atoms with Crippen LogP contribution in [0.1, 0.15) is 41.7 Å². The van der Waals surface area contributed by atoms with Crippen molar-refractivity contribution in [3.8, 4) is 10.6 Å². The van der Waals surface area contributed by atoms with Crippen LogP contribution >= 0.6 is 34.0 Å². The highest BCUT2D eigenvalue weighted by atomic mass is 32.1. The molecule has 0 unspecified atom stereocenters. The smallest absolute Gasteiger partial charge is 0.138 e. The molecule has 0 fully saturated rings. The fourth-order valence-corrected chi connectivity index (χ4v) is 6.95. The number of Topliss-reactive ketones (excluding diaryl/α,β-unsaturated/α-hetero) is 1. The van der Waals surface area contributed by atoms with Crippen LogP contribution in [0.5, 0.6) is 0 Å². The van der Waals surface area contributed by atoms with E-state index in [1.807, 2.05) is 24.0 Å². The average Bonchev–Trinajstić information content (AvgIpc) is 3.48. The molecule has 5 nitrogen and oxygen atoms in total. The predicted octanol–water partition coefficient (Wildman–Crippen LogP) is 5.29. The van der Waals surface area contributed by atoms with Gasteiger partial charge in [0.25, 0.3) is 0 Å². The highest BCUT2D eigenvalue weighted by Crippen LogP contribution is 2.41. The molecule has 1 aliphatic heterocycles. The van der Waals surface area contributed by atoms with Crippen LogP contribution in [0.25, 0.3) is 20.8 Å². The molecule has 0 amide bonds. The first kappa shape index (κ1) is 19.9. The Balaban J connectivity index is 0.00000231. The van der Waals surface area contributed by atoms with Crippen molar-refractivity contribution < 1.29 is 6.22 Å². The molecule has 0 saturated carbocycles. The van der Waals surface area contributed by atoms with E-state index in [-0.39, 0.29) is 1.43 Å². The minimum absolute atomic E-state index is 0. The number of thiazole rings is 2. The van der Waals surface area contributed by atoms with E-state index in [2.05, 4.69) is 20.7 Å². The van der Waals surface area contributed by atoms with Gasteiger partial charge < -0.3 is 5.32 Å². The Morgan fingerprint density at radius 1 is 1.27 bits per heavy atom. The largest absolute Gasteiger partial charge is 0.312 e. The topological polar surface area (TPSA) is 67.8 Å². The summed E-state index contributed by atoms with van der Waals surface area (Å²) in [5, 5.41) is 6.58. The van der Waals surface area contributed by atoms with E-state index < -0.39 is 0 Å². The summed E-state index contributed by atoms with van der Waals surface area (Å²) in [6.45, 7) is 1.87. The highest BCUT2D eigenvalue weighted by molar-refractivity contribution is 7.22. The van der Waals surface area contributed by atoms with Crippen LogP contribution < -0.4 is 5.32 Å². The maximum absolute atomic E-state index is 12.8. The van der Waals surface area contributed by atoms with E-state index in [1.165, 1.54) is 20.9 Å². The zero-order valence-electron chi connectivity index (χ0n) is 16.5. The zero-order valence-corrected chi connectivity index (χ0v) is 19.0. The molecular formula is C22H24N4OS3. The van der Waals surface area contributed by atoms with Gasteiger partial charge in [0, 0.05) is 47.7 Å². The third kappa shape index (κ3) is 4.23. The molecule has 0 saturated heterocycles. The lowest BCUT2D eigenvalue weighted by atomic mass is 10.00. The lowest BCUT2D eigenvalue weighted by molar-refractivity contribution is -0.118. The standard InChI is InChI=1S/C22H22N4OS3.H2/c27-15(4-2-1-3-14-12-28-13-25-14)9-19-21(16-5-7-24-11-20(16)29-19)22-26-17-10-23-8-6-18(17)30-22;/h6,8,10,12-13,24H,1-5,7,9,11H2;1H. The minimum Gasteiger partial charge on any atom is -0.312 e. The summed E-state index contributed by atoms with van der Waals surface area (Å²) in [5.74, 6) is 0.323. The number of aromatic nitrogens is 3. The van der Waals surface area contributed by atoms with Gasteiger partial charge in [-0.3, -0.25) is 9.78 Å². The van der Waals surface area contributed by atoms with Gasteiger partial charge in [0.15, 0.2) is 0 Å². The Kier molecular flexibility index (Phi) is 5.99. The number of carbonyl (C=O) groups is 1. The van der Waals surface area contributed by atoms with E-state index in [9.17, 15) is 4.79 Å². The maximum atomic E-state index is 12.8. The van der Waals surface area contributed by atoms with Gasteiger partial charge in [0.05, 0.1) is 22.1 Å². The van der Waals surface area contributed by atoms with Gasteiger partial charge in [0.2, 0.25) is 0 Å². The molecule has 4 aromatic heterocycles. The van der Waals surface area contributed by atoms with E-state index >= 15 is 0 Å². The van der Waals surface area contributed by atoms with Gasteiger partial charge in [0.1, 0.15) is 16.3 Å². The predicted molar refractivity (Wildman–Crippen MR) is 127 cm³/mol. The Bertz CT molecular complexity index is 1140. The zero-order chi connectivity index (χ0) is 20.3. The summed E-state index contributed by atoms with van der Waals surface area (Å²) < 4.78 is 1.15. The molecular weight excluding hydrogens is 432 g/mol. The third-order valence-corrected chi connectivity index (χ3v) is 8.31. The monoisotopic (exact) mass is 456 g/mol. The molecule has 8 heteroatoms. The lowest BCUT2D eigenvalue weighted by Crippen LogP contribution is -2.22. The number of pyridine rings is 1. The summed E-state index contributed by atoms with van der Waals surface area (Å²) in [5.41, 5.74) is 6.54. The number of hydrogen-bond donors (Lipinski definition) is 1. The number of ketones is 1. The van der Waals surface area contributed by atoms with Gasteiger partial charge in [-0.15, -0.1) is 34.0 Å². The second-order valence-corrected chi connectivity index (χ2v) is 10.4. The fraction of sp³-hybridized carbons (Fsp3) is 0.364. The molecule has 1 aliphatic rings. The quantitative estimate of drug-likeness (QED) is 0.365. The van der Waals surface area contributed by atoms with Crippen molar-refractivity contribution >= 4 is 50.0 Å². The normalized spacial score (nSPS) is 13.6. The number of unbranched alkanes of at least 4 members (excludes halogenated alkanes) is 1. The van der Waals surface area contributed by atoms with Crippen LogP contribution in [0.4, 0.5) is 0 Å². The number of carbonyl (C=O) groups excluding carboxylic acids is 1. The number of aryl methyl sites for hydroxylation is 1. The SMILES string of the molecule is O=C(CCCCc1cscn1)Cc1sc2c(c1-c1nc3cnccc3s1)CCNC2.[HH]. The van der Waals surface area contributed by atoms with Crippen LogP contribution in [-0.2, 0) is 30.6 Å². The van der Waals surface area contributed by atoms with Crippen LogP contribution in [0.3, 0.4) is 0 Å². The molecule has 0 radical (unpaired) electrons. The molecule has 4 aromatic rings. The first-order chi connectivity index (χ1) is 14.8. The van der Waals surface area contributed by atoms with Crippen LogP contribution in [0.15, 0.2) is 29.4 Å². The molecule has 5 heterocycles. The van der Waals surface area contributed by atoms with Crippen LogP contribution in [0.2, 0.25) is 0 Å². The van der Waals surface area contributed by atoms with E-state index in [1.54, 1.807) is 34.0 Å². The summed E-state index contributed by atoms with van der Waals surface area (Å²) in [6, 6.07) is 2.02. The minimum atomic E-state index is 0. The number of rotatable bonds is 8. The molecule has 0 aromatic carbocycles. The maximum Gasteiger partial charge on any atom is 0.138 e. The van der Waals surface area contributed by atoms with Crippen molar-refractivity contribution in [3.63, 3.8) is 0 Å². The Hall–Kier alpha value is -2.00. The summed E-state index contributed by atoms with van der Waals surface area (Å²) in [6.07, 6.45) is 8.67. The van der Waals surface area contributed by atoms with Crippen molar-refractivity contribution in [2.45, 2.75) is 45.1 Å². The summed E-state index contributed by atoms with van der Waals surface area (Å²) >= 11 is 5.13. The highest BCUT2D eigenvalue weighted by Gasteiger charge is 2.25. The Morgan fingerprint density at radius 2 is 2.23 bits per heavy atom. The molecule has 0 aliphatic carbocycles. The van der Waals surface area contributed by atoms with Crippen LogP contribution in [0, 0.1) is 0 Å². The Morgan fingerprint density at radius 3 is 3.10 bits per heavy atom. The van der Waals surface area contributed by atoms with Gasteiger partial charge >= 0.3 is 0 Å². The van der Waals surface area contributed by atoms with Gasteiger partial charge in [-0.05, 0) is 43.9 Å². The van der Waals surface area contributed by atoms with Crippen molar-refractivity contribution in [2.75, 3.05) is 6.54 Å². The van der Waals surface area contributed by atoms with E-state index in [0.29, 0.717) is 18.6 Å². The number of nitrogens with zero attached hydrogens (tertiary/aromatic N) is 3. The van der Waals surface area contributed by atoms with E-state index in [0.717, 1.165) is 59.7 Å². The molecule has 0 atom stereocenters. The summed E-state index contributed by atoms with van der Waals surface area (Å²) in [7, 11) is 0. The molecule has 0 bridgehead atoms. The van der Waals surface area contributed by atoms with Crippen molar-refractivity contribution in [1.82, 2.24) is 20.3 Å². The number of nitrogens with one attached hydrogen (secondary N) is 1. The molecule has 5 rings (SSSR count). The average molecular weight is 457 g/mol. The molecule has 156 valence electrons. The van der Waals surface area contributed by atoms with Crippen molar-refractivity contribution in [3.05, 3.63) is 50.4 Å². The summed E-state index contributed by atoms with van der Waals surface area (Å²) in [4.78, 5) is 28.7. The fourth-order valence-electron chi connectivity index (χ4n) is 3.91. The molecule has 0 spiro atoms. The third-order valence-electron chi connectivity index (χ3n) is 5.38. The first-order valence-electron chi connectivity index (χ1n) is 10.2. The van der Waals surface area contributed by atoms with E-state index in [4.69, 9.17) is 4.98 Å². The number of hydrogen-bond acceptors (Lipinski definition) is 8. The number of thiophene rings is 1. The van der Waals surface area contributed by atoms with Crippen molar-refractivity contribution in [2.24, 2.45) is 0 Å². The number of fused-ring (bicyclic) bond motifs is 2. The van der Waals surface area contributed by atoms with Crippen LogP contribution in [-0.4, -0.2) is 27.3 Å². The van der Waals surface area contributed by atoms with Gasteiger partial charge in [-0.25, -0.2) is 9.97 Å². The second-order valence-electron chi connectivity index (χ2n) is 7.49. The van der Waals surface area contributed by atoms with Gasteiger partial charge in [-0.1, -0.05) is 0 Å². The first-order valence-corrected chi connectivity index (χ1v) is 12.8. The second kappa shape index (κ2) is 9.01. The van der Waals surface area contributed by atoms with Gasteiger partial charge in [-0.2, -0.15) is 0 Å². The Labute approximate surface area is 188 Å².